The van der Waals surface area contributed by atoms with E-state index in [4.69, 9.17) is 9.47 Å². The first-order valence-electron chi connectivity index (χ1n) is 10.9. The smallest absolute Gasteiger partial charge is 0.239 e. The Hall–Kier alpha value is -3.44. The molecule has 11 heteroatoms. The molecule has 0 fully saturated rings. The van der Waals surface area contributed by atoms with Crippen molar-refractivity contribution in [3.8, 4) is 0 Å². The molecule has 9 nitrogen and oxygen atoms in total. The van der Waals surface area contributed by atoms with Crippen LogP contribution in [-0.2, 0) is 9.47 Å². The van der Waals surface area contributed by atoms with Gasteiger partial charge in [-0.1, -0.05) is 11.6 Å². The van der Waals surface area contributed by atoms with Gasteiger partial charge in [0.15, 0.2) is 11.6 Å². The molecule has 0 saturated carbocycles. The number of rotatable bonds is 11. The van der Waals surface area contributed by atoms with Crippen LogP contribution in [0.1, 0.15) is 37.2 Å². The molecule has 2 N–H and O–H groups in total. The monoisotopic (exact) mass is 499 g/mol. The highest BCUT2D eigenvalue weighted by Crippen LogP contribution is 2.29. The fourth-order valence-electron chi connectivity index (χ4n) is 3.24. The summed E-state index contributed by atoms with van der Waals surface area (Å²) in [5.41, 5.74) is 3.02. The first-order valence-corrected chi connectivity index (χ1v) is 11.8. The Labute approximate surface area is 209 Å². The molecule has 0 saturated heterocycles. The van der Waals surface area contributed by atoms with E-state index in [9.17, 15) is 4.39 Å². The summed E-state index contributed by atoms with van der Waals surface area (Å²) in [5, 5.41) is 11.9. The van der Waals surface area contributed by atoms with E-state index in [1.54, 1.807) is 49.5 Å². The third-order valence-electron chi connectivity index (χ3n) is 5.00. The summed E-state index contributed by atoms with van der Waals surface area (Å²) in [4.78, 5) is 8.81. The standard InChI is InChI=1S/C24H30FN7O2S/c1-16-10-19(14-26-11-16)23-29-30-24(32(23)15-20(33-4)8-6-7-9-25)31-35-18(3)21(34-5)22-27-12-17(2)13-28-22/h6-10,12-15,18,21,26H,11H2,1-5H3,(H,30,31)/b8-6-,9-7+,20-15-. The number of aryl methyl sites for hydroxylation is 1. The Morgan fingerprint density at radius 1 is 1.23 bits per heavy atom. The van der Waals surface area contributed by atoms with Gasteiger partial charge in [0.2, 0.25) is 5.95 Å². The first kappa shape index (κ1) is 26.2. The van der Waals surface area contributed by atoms with Crippen LogP contribution in [-0.4, -0.2) is 50.7 Å². The van der Waals surface area contributed by atoms with Crippen LogP contribution in [0.3, 0.4) is 0 Å². The van der Waals surface area contributed by atoms with Crippen LogP contribution >= 0.6 is 11.9 Å². The lowest BCUT2D eigenvalue weighted by atomic mass is 10.1. The lowest BCUT2D eigenvalue weighted by Gasteiger charge is -2.21. The van der Waals surface area contributed by atoms with Gasteiger partial charge in [-0.25, -0.2) is 14.4 Å². The molecule has 35 heavy (non-hydrogen) atoms. The topological polar surface area (TPSA) is 99.0 Å². The van der Waals surface area contributed by atoms with Crippen LogP contribution < -0.4 is 10.0 Å². The minimum absolute atomic E-state index is 0.0607. The molecule has 2 aromatic heterocycles. The molecule has 0 amide bonds. The number of anilines is 1. The highest BCUT2D eigenvalue weighted by Gasteiger charge is 2.24. The van der Waals surface area contributed by atoms with Gasteiger partial charge >= 0.3 is 0 Å². The van der Waals surface area contributed by atoms with Gasteiger partial charge < -0.3 is 14.8 Å². The number of hydrogen-bond donors (Lipinski definition) is 2. The largest absolute Gasteiger partial charge is 0.495 e. The maximum atomic E-state index is 12.4. The van der Waals surface area contributed by atoms with Gasteiger partial charge in [-0.15, -0.1) is 10.2 Å². The number of allylic oxidation sites excluding steroid dienone is 5. The van der Waals surface area contributed by atoms with E-state index in [0.29, 0.717) is 29.7 Å². The van der Waals surface area contributed by atoms with Crippen molar-refractivity contribution < 1.29 is 13.9 Å². The average Bonchev–Trinajstić information content (AvgIpc) is 3.26. The highest BCUT2D eigenvalue weighted by atomic mass is 32.2. The van der Waals surface area contributed by atoms with E-state index in [1.165, 1.54) is 23.6 Å². The van der Waals surface area contributed by atoms with Crippen molar-refractivity contribution in [2.45, 2.75) is 32.1 Å². The molecule has 0 aliphatic carbocycles. The predicted octanol–water partition coefficient (Wildman–Crippen LogP) is 4.59. The molecule has 2 unspecified atom stereocenters. The Morgan fingerprint density at radius 3 is 2.66 bits per heavy atom. The number of methoxy groups -OCH3 is 2. The number of aromatic nitrogens is 5. The van der Waals surface area contributed by atoms with Crippen LogP contribution in [0.4, 0.5) is 10.3 Å². The minimum Gasteiger partial charge on any atom is -0.495 e. The second kappa shape index (κ2) is 12.9. The van der Waals surface area contributed by atoms with Crippen molar-refractivity contribution in [2.24, 2.45) is 0 Å². The molecule has 0 aromatic carbocycles. The van der Waals surface area contributed by atoms with Crippen LogP contribution in [0.15, 0.2) is 60.6 Å². The summed E-state index contributed by atoms with van der Waals surface area (Å²) in [6.45, 7) is 6.76. The number of hydrogen-bond acceptors (Lipinski definition) is 9. The van der Waals surface area contributed by atoms with E-state index in [0.717, 1.165) is 17.7 Å². The normalized spacial score (nSPS) is 16.1. The molecule has 0 radical (unpaired) electrons. The molecule has 0 bridgehead atoms. The molecular formula is C24H30FN7O2S. The zero-order chi connectivity index (χ0) is 25.2. The van der Waals surface area contributed by atoms with Crippen LogP contribution in [0, 0.1) is 6.92 Å². The lowest BCUT2D eigenvalue weighted by Crippen LogP contribution is -2.19. The third-order valence-corrected chi connectivity index (χ3v) is 5.92. The highest BCUT2D eigenvalue weighted by molar-refractivity contribution is 8.01. The maximum Gasteiger partial charge on any atom is 0.239 e. The molecule has 2 atom stereocenters. The van der Waals surface area contributed by atoms with Crippen LogP contribution in [0.5, 0.6) is 0 Å². The molecule has 2 aromatic rings. The zero-order valence-electron chi connectivity index (χ0n) is 20.4. The SMILES string of the molecule is COC(/C=C\C=C\F)=C\n1c(NSC(C)C(OC)c2ncc(C)cn2)nnc1C1=CNCC(C)=C1. The lowest BCUT2D eigenvalue weighted by molar-refractivity contribution is 0.0972. The second-order valence-corrected chi connectivity index (χ2v) is 8.98. The number of nitrogens with zero attached hydrogens (tertiary/aromatic N) is 5. The number of halogens is 1. The quantitative estimate of drug-likeness (QED) is 0.261. The van der Waals surface area contributed by atoms with Crippen LogP contribution in [0.25, 0.3) is 11.8 Å². The van der Waals surface area contributed by atoms with Crippen molar-refractivity contribution in [3.63, 3.8) is 0 Å². The van der Waals surface area contributed by atoms with Gasteiger partial charge in [0, 0.05) is 37.8 Å². The van der Waals surface area contributed by atoms with E-state index in [1.807, 2.05) is 33.0 Å². The maximum absolute atomic E-state index is 12.4. The molecule has 3 heterocycles. The summed E-state index contributed by atoms with van der Waals surface area (Å²) in [6.07, 6.45) is 13.8. The zero-order valence-corrected chi connectivity index (χ0v) is 21.2. The van der Waals surface area contributed by atoms with Crippen molar-refractivity contribution in [3.05, 3.63) is 77.8 Å². The summed E-state index contributed by atoms with van der Waals surface area (Å²) in [7, 11) is 3.17. The van der Waals surface area contributed by atoms with Gasteiger partial charge in [-0.05, 0) is 56.5 Å². The van der Waals surface area contributed by atoms with Crippen molar-refractivity contribution in [1.82, 2.24) is 30.0 Å². The van der Waals surface area contributed by atoms with E-state index in [2.05, 4.69) is 30.2 Å². The molecule has 1 aliphatic heterocycles. The van der Waals surface area contributed by atoms with Crippen molar-refractivity contribution >= 4 is 29.7 Å². The first-order chi connectivity index (χ1) is 17.0. The Kier molecular flexibility index (Phi) is 9.62. The fraction of sp³-hybridized carbons (Fsp3) is 0.333. The Balaban J connectivity index is 1.89. The van der Waals surface area contributed by atoms with E-state index in [-0.39, 0.29) is 11.4 Å². The molecule has 0 spiro atoms. The summed E-state index contributed by atoms with van der Waals surface area (Å²) < 4.78 is 28.6. The molecule has 1 aliphatic rings. The second-order valence-electron chi connectivity index (χ2n) is 7.80. The van der Waals surface area contributed by atoms with Crippen molar-refractivity contribution in [2.75, 3.05) is 25.5 Å². The Bertz CT molecular complexity index is 1140. The fourth-order valence-corrected chi connectivity index (χ4v) is 4.02. The Morgan fingerprint density at radius 2 is 2.00 bits per heavy atom. The number of nitrogens with one attached hydrogen (secondary N) is 2. The molecule has 3 rings (SSSR count). The van der Waals surface area contributed by atoms with Crippen molar-refractivity contribution in [1.29, 1.82) is 0 Å². The van der Waals surface area contributed by atoms with Gasteiger partial charge in [0.1, 0.15) is 11.9 Å². The van der Waals surface area contributed by atoms with Crippen LogP contribution in [0.2, 0.25) is 0 Å². The molecule has 186 valence electrons. The predicted molar refractivity (Wildman–Crippen MR) is 138 cm³/mol. The van der Waals surface area contributed by atoms with Gasteiger partial charge in [-0.3, -0.25) is 9.29 Å². The van der Waals surface area contributed by atoms with Gasteiger partial charge in [0.25, 0.3) is 0 Å². The third kappa shape index (κ3) is 7.03. The van der Waals surface area contributed by atoms with Gasteiger partial charge in [-0.2, -0.15) is 0 Å². The average molecular weight is 500 g/mol. The minimum atomic E-state index is -0.333. The summed E-state index contributed by atoms with van der Waals surface area (Å²) >= 11 is 1.41. The van der Waals surface area contributed by atoms with E-state index < -0.39 is 0 Å². The molecular weight excluding hydrogens is 469 g/mol. The number of ether oxygens (including phenoxy) is 2. The van der Waals surface area contributed by atoms with Gasteiger partial charge in [0.05, 0.1) is 24.9 Å². The summed E-state index contributed by atoms with van der Waals surface area (Å²) in [5.74, 6) is 2.19. The van der Waals surface area contributed by atoms with E-state index >= 15 is 0 Å². The number of dihydropyridines is 1. The summed E-state index contributed by atoms with van der Waals surface area (Å²) in [6, 6.07) is 0.